The second kappa shape index (κ2) is 4.52. The lowest BCUT2D eigenvalue weighted by Gasteiger charge is -2.08. The first-order chi connectivity index (χ1) is 7.58. The molecule has 90 valence electrons. The number of nitrogens with one attached hydrogen (secondary N) is 2. The lowest BCUT2D eigenvalue weighted by molar-refractivity contribution is 0.537. The number of hydrogen-bond acceptors (Lipinski definition) is 4. The zero-order valence-corrected chi connectivity index (χ0v) is 10.00. The van der Waals surface area contributed by atoms with Crippen LogP contribution in [0.2, 0.25) is 0 Å². The predicted octanol–water partition coefficient (Wildman–Crippen LogP) is -0.692. The van der Waals surface area contributed by atoms with Gasteiger partial charge in [0.05, 0.1) is 6.33 Å². The molecule has 0 spiro atoms. The molecule has 0 bridgehead atoms. The molecule has 1 unspecified atom stereocenters. The van der Waals surface area contributed by atoms with Gasteiger partial charge in [0.1, 0.15) is 0 Å². The van der Waals surface area contributed by atoms with Gasteiger partial charge in [-0.15, -0.1) is 0 Å². The first-order valence-electron chi connectivity index (χ1n) is 5.26. The van der Waals surface area contributed by atoms with Gasteiger partial charge in [0, 0.05) is 19.8 Å². The van der Waals surface area contributed by atoms with E-state index in [4.69, 9.17) is 0 Å². The summed E-state index contributed by atoms with van der Waals surface area (Å²) in [6.45, 7) is 2.33. The number of rotatable bonds is 4. The van der Waals surface area contributed by atoms with Crippen molar-refractivity contribution in [3.8, 4) is 0 Å². The molecule has 0 aliphatic carbocycles. The third-order valence-electron chi connectivity index (χ3n) is 2.68. The van der Waals surface area contributed by atoms with Crippen LogP contribution in [0, 0.1) is 5.92 Å². The van der Waals surface area contributed by atoms with Crippen LogP contribution in [0.1, 0.15) is 6.42 Å². The Labute approximate surface area is 95.1 Å². The molecule has 1 aliphatic heterocycles. The van der Waals surface area contributed by atoms with E-state index in [2.05, 4.69) is 15.0 Å². The molecule has 2 heterocycles. The van der Waals surface area contributed by atoms with Crippen molar-refractivity contribution in [3.05, 3.63) is 12.5 Å². The molecule has 1 atom stereocenters. The van der Waals surface area contributed by atoms with Gasteiger partial charge in [0.15, 0.2) is 5.03 Å². The zero-order valence-electron chi connectivity index (χ0n) is 9.18. The van der Waals surface area contributed by atoms with Crippen molar-refractivity contribution >= 4 is 10.0 Å². The molecular weight excluding hydrogens is 228 g/mol. The summed E-state index contributed by atoms with van der Waals surface area (Å²) in [5.41, 5.74) is 0. The maximum Gasteiger partial charge on any atom is 0.259 e. The van der Waals surface area contributed by atoms with E-state index in [9.17, 15) is 8.42 Å². The van der Waals surface area contributed by atoms with Crippen LogP contribution >= 0.6 is 0 Å². The monoisotopic (exact) mass is 244 g/mol. The minimum atomic E-state index is -3.44. The minimum Gasteiger partial charge on any atom is -0.339 e. The van der Waals surface area contributed by atoms with Crippen LogP contribution < -0.4 is 10.0 Å². The van der Waals surface area contributed by atoms with Crippen LogP contribution in [0.3, 0.4) is 0 Å². The summed E-state index contributed by atoms with van der Waals surface area (Å²) in [6, 6.07) is 0. The summed E-state index contributed by atoms with van der Waals surface area (Å²) in [6.07, 6.45) is 3.99. The Morgan fingerprint density at radius 3 is 3.06 bits per heavy atom. The molecule has 0 aromatic carbocycles. The van der Waals surface area contributed by atoms with Gasteiger partial charge >= 0.3 is 0 Å². The average Bonchev–Trinajstić information content (AvgIpc) is 2.85. The molecular formula is C9H16N4O2S. The second-order valence-corrected chi connectivity index (χ2v) is 5.80. The maximum absolute atomic E-state index is 11.8. The van der Waals surface area contributed by atoms with E-state index in [1.165, 1.54) is 12.5 Å². The van der Waals surface area contributed by atoms with E-state index >= 15 is 0 Å². The largest absolute Gasteiger partial charge is 0.339 e. The van der Waals surface area contributed by atoms with Gasteiger partial charge in [-0.05, 0) is 25.4 Å². The number of aryl methyl sites for hydroxylation is 1. The van der Waals surface area contributed by atoms with Crippen molar-refractivity contribution in [1.29, 1.82) is 0 Å². The van der Waals surface area contributed by atoms with E-state index in [1.807, 2.05) is 0 Å². The highest BCUT2D eigenvalue weighted by molar-refractivity contribution is 7.89. The number of imidazole rings is 1. The predicted molar refractivity (Wildman–Crippen MR) is 59.4 cm³/mol. The molecule has 1 aromatic heterocycles. The molecule has 7 heteroatoms. The van der Waals surface area contributed by atoms with Crippen molar-refractivity contribution in [3.63, 3.8) is 0 Å². The summed E-state index contributed by atoms with van der Waals surface area (Å²) in [5, 5.41) is 3.28. The molecule has 2 N–H and O–H groups in total. The molecule has 0 saturated carbocycles. The molecule has 0 radical (unpaired) electrons. The van der Waals surface area contributed by atoms with Crippen LogP contribution in [0.25, 0.3) is 0 Å². The van der Waals surface area contributed by atoms with E-state index in [1.54, 1.807) is 11.6 Å². The Kier molecular flexibility index (Phi) is 3.27. The smallest absolute Gasteiger partial charge is 0.259 e. The van der Waals surface area contributed by atoms with E-state index in [-0.39, 0.29) is 5.03 Å². The minimum absolute atomic E-state index is 0.0842. The van der Waals surface area contributed by atoms with Crippen molar-refractivity contribution in [2.75, 3.05) is 19.6 Å². The lowest BCUT2D eigenvalue weighted by atomic mass is 10.1. The van der Waals surface area contributed by atoms with Crippen LogP contribution in [-0.4, -0.2) is 37.6 Å². The molecule has 0 amide bonds. The Morgan fingerprint density at radius 2 is 2.50 bits per heavy atom. The molecule has 6 nitrogen and oxygen atoms in total. The van der Waals surface area contributed by atoms with Crippen molar-refractivity contribution in [2.24, 2.45) is 13.0 Å². The maximum atomic E-state index is 11.8. The highest BCUT2D eigenvalue weighted by atomic mass is 32.2. The Bertz CT molecular complexity index is 448. The first kappa shape index (κ1) is 11.6. The Hall–Kier alpha value is -0.920. The number of aromatic nitrogens is 2. The summed E-state index contributed by atoms with van der Waals surface area (Å²) in [4.78, 5) is 3.83. The third kappa shape index (κ3) is 2.60. The summed E-state index contributed by atoms with van der Waals surface area (Å²) >= 11 is 0. The Morgan fingerprint density at radius 1 is 1.69 bits per heavy atom. The van der Waals surface area contributed by atoms with Gasteiger partial charge in [0.2, 0.25) is 0 Å². The summed E-state index contributed by atoms with van der Waals surface area (Å²) < 4.78 is 27.8. The van der Waals surface area contributed by atoms with Crippen LogP contribution in [0.15, 0.2) is 17.6 Å². The third-order valence-corrected chi connectivity index (χ3v) is 3.99. The van der Waals surface area contributed by atoms with E-state index in [0.717, 1.165) is 19.5 Å². The van der Waals surface area contributed by atoms with E-state index < -0.39 is 10.0 Å². The molecule has 1 saturated heterocycles. The zero-order chi connectivity index (χ0) is 11.6. The Balaban J connectivity index is 1.97. The SMILES string of the molecule is Cn1cnc(S(=O)(=O)NCC2CCNC2)c1. The lowest BCUT2D eigenvalue weighted by Crippen LogP contribution is -2.30. The fraction of sp³-hybridized carbons (Fsp3) is 0.667. The van der Waals surface area contributed by atoms with Gasteiger partial charge < -0.3 is 9.88 Å². The quantitative estimate of drug-likeness (QED) is 0.735. The number of hydrogen-bond donors (Lipinski definition) is 2. The molecule has 2 rings (SSSR count). The average molecular weight is 244 g/mol. The molecule has 16 heavy (non-hydrogen) atoms. The summed E-state index contributed by atoms with van der Waals surface area (Å²) in [5.74, 6) is 0.387. The van der Waals surface area contributed by atoms with Crippen molar-refractivity contribution in [1.82, 2.24) is 19.6 Å². The highest BCUT2D eigenvalue weighted by Crippen LogP contribution is 2.08. The van der Waals surface area contributed by atoms with Gasteiger partial charge in [-0.3, -0.25) is 0 Å². The normalized spacial score (nSPS) is 21.4. The van der Waals surface area contributed by atoms with E-state index in [0.29, 0.717) is 12.5 Å². The highest BCUT2D eigenvalue weighted by Gasteiger charge is 2.20. The van der Waals surface area contributed by atoms with Gasteiger partial charge in [-0.2, -0.15) is 0 Å². The van der Waals surface area contributed by atoms with Gasteiger partial charge in [0.25, 0.3) is 10.0 Å². The van der Waals surface area contributed by atoms with Crippen LogP contribution in [-0.2, 0) is 17.1 Å². The fourth-order valence-electron chi connectivity index (χ4n) is 1.72. The van der Waals surface area contributed by atoms with Gasteiger partial charge in [-0.25, -0.2) is 18.1 Å². The number of sulfonamides is 1. The van der Waals surface area contributed by atoms with Crippen molar-refractivity contribution in [2.45, 2.75) is 11.4 Å². The first-order valence-corrected chi connectivity index (χ1v) is 6.74. The topological polar surface area (TPSA) is 76.0 Å². The molecule has 1 aromatic rings. The van der Waals surface area contributed by atoms with Gasteiger partial charge in [-0.1, -0.05) is 0 Å². The molecule has 1 fully saturated rings. The number of nitrogens with zero attached hydrogens (tertiary/aromatic N) is 2. The van der Waals surface area contributed by atoms with Crippen molar-refractivity contribution < 1.29 is 8.42 Å². The summed E-state index contributed by atoms with van der Waals surface area (Å²) in [7, 11) is -1.69. The van der Waals surface area contributed by atoms with Crippen LogP contribution in [0.4, 0.5) is 0 Å². The van der Waals surface area contributed by atoms with Crippen LogP contribution in [0.5, 0.6) is 0 Å². The fourth-order valence-corrected chi connectivity index (χ4v) is 2.81. The second-order valence-electron chi connectivity index (χ2n) is 4.09. The standard InChI is InChI=1S/C9H16N4O2S/c1-13-6-9(11-7-13)16(14,15)12-5-8-2-3-10-4-8/h6-8,10,12H,2-5H2,1H3. The molecule has 1 aliphatic rings.